The molecule has 1 N–H and O–H groups in total. The highest BCUT2D eigenvalue weighted by molar-refractivity contribution is 7.91. The maximum atomic E-state index is 12.3. The summed E-state index contributed by atoms with van der Waals surface area (Å²) in [7, 11) is -2.99. The van der Waals surface area contributed by atoms with E-state index < -0.39 is 9.84 Å². The SMILES string of the molecule is CCC1COCCN1C(=O)CC1CS(=O)(=O)CCN1. The van der Waals surface area contributed by atoms with Gasteiger partial charge in [-0.25, -0.2) is 8.42 Å². The molecule has 2 rings (SSSR count). The Morgan fingerprint density at radius 3 is 2.95 bits per heavy atom. The smallest absolute Gasteiger partial charge is 0.224 e. The van der Waals surface area contributed by atoms with Gasteiger partial charge in [-0.1, -0.05) is 6.92 Å². The van der Waals surface area contributed by atoms with E-state index in [-0.39, 0.29) is 35.9 Å². The molecule has 2 unspecified atom stereocenters. The molecule has 1 amide bonds. The van der Waals surface area contributed by atoms with Gasteiger partial charge in [-0.3, -0.25) is 4.79 Å². The van der Waals surface area contributed by atoms with Crippen LogP contribution in [0.5, 0.6) is 0 Å². The predicted octanol–water partition coefficient (Wildman–Crippen LogP) is -0.599. The van der Waals surface area contributed by atoms with E-state index in [1.807, 2.05) is 11.8 Å². The van der Waals surface area contributed by atoms with Gasteiger partial charge in [-0.15, -0.1) is 0 Å². The van der Waals surface area contributed by atoms with Gasteiger partial charge in [0.25, 0.3) is 0 Å². The van der Waals surface area contributed by atoms with E-state index in [0.717, 1.165) is 6.42 Å². The fraction of sp³-hybridized carbons (Fsp3) is 0.917. The molecule has 0 aliphatic carbocycles. The van der Waals surface area contributed by atoms with Crippen LogP contribution in [0.1, 0.15) is 19.8 Å². The number of carbonyl (C=O) groups is 1. The van der Waals surface area contributed by atoms with Gasteiger partial charge in [0.15, 0.2) is 9.84 Å². The molecule has 0 spiro atoms. The predicted molar refractivity (Wildman–Crippen MR) is 71.7 cm³/mol. The molecule has 19 heavy (non-hydrogen) atoms. The molecule has 110 valence electrons. The Labute approximate surface area is 114 Å². The van der Waals surface area contributed by atoms with Crippen molar-refractivity contribution in [2.24, 2.45) is 0 Å². The number of nitrogens with zero attached hydrogens (tertiary/aromatic N) is 1. The summed E-state index contributed by atoms with van der Waals surface area (Å²) in [6.45, 7) is 4.23. The van der Waals surface area contributed by atoms with Crippen molar-refractivity contribution in [3.05, 3.63) is 0 Å². The van der Waals surface area contributed by atoms with Crippen molar-refractivity contribution in [1.82, 2.24) is 10.2 Å². The monoisotopic (exact) mass is 290 g/mol. The minimum absolute atomic E-state index is 0.0322. The minimum Gasteiger partial charge on any atom is -0.377 e. The average Bonchev–Trinajstić information content (AvgIpc) is 2.37. The molecular formula is C12H22N2O4S. The van der Waals surface area contributed by atoms with E-state index in [2.05, 4.69) is 5.32 Å². The normalized spacial score (nSPS) is 31.1. The number of carbonyl (C=O) groups excluding carboxylic acids is 1. The molecular weight excluding hydrogens is 268 g/mol. The van der Waals surface area contributed by atoms with Crippen LogP contribution in [0.4, 0.5) is 0 Å². The Kier molecular flexibility index (Phi) is 4.81. The summed E-state index contributed by atoms with van der Waals surface area (Å²) in [5.41, 5.74) is 0. The number of sulfone groups is 1. The summed E-state index contributed by atoms with van der Waals surface area (Å²) in [4.78, 5) is 14.1. The lowest BCUT2D eigenvalue weighted by Gasteiger charge is -2.36. The maximum Gasteiger partial charge on any atom is 0.224 e. The fourth-order valence-electron chi connectivity index (χ4n) is 2.65. The summed E-state index contributed by atoms with van der Waals surface area (Å²) in [6.07, 6.45) is 1.12. The first-order chi connectivity index (χ1) is 9.02. The molecule has 0 bridgehead atoms. The average molecular weight is 290 g/mol. The second kappa shape index (κ2) is 6.19. The summed E-state index contributed by atoms with van der Waals surface area (Å²) in [5, 5.41) is 3.12. The Hall–Kier alpha value is -0.660. The number of hydrogen-bond acceptors (Lipinski definition) is 5. The Bertz CT molecular complexity index is 423. The van der Waals surface area contributed by atoms with Gasteiger partial charge in [0.2, 0.25) is 5.91 Å². The molecule has 0 radical (unpaired) electrons. The molecule has 2 atom stereocenters. The van der Waals surface area contributed by atoms with Crippen LogP contribution in [-0.4, -0.2) is 69.1 Å². The van der Waals surface area contributed by atoms with Crippen molar-refractivity contribution < 1.29 is 17.9 Å². The topological polar surface area (TPSA) is 75.7 Å². The van der Waals surface area contributed by atoms with Crippen molar-refractivity contribution in [2.75, 3.05) is 37.8 Å². The van der Waals surface area contributed by atoms with Crippen molar-refractivity contribution in [2.45, 2.75) is 31.8 Å². The van der Waals surface area contributed by atoms with E-state index >= 15 is 0 Å². The Morgan fingerprint density at radius 2 is 2.26 bits per heavy atom. The van der Waals surface area contributed by atoms with E-state index in [1.54, 1.807) is 0 Å². The third-order valence-corrected chi connectivity index (χ3v) is 5.48. The molecule has 0 aromatic carbocycles. The highest BCUT2D eigenvalue weighted by atomic mass is 32.2. The zero-order valence-corrected chi connectivity index (χ0v) is 12.1. The maximum absolute atomic E-state index is 12.3. The van der Waals surface area contributed by atoms with Crippen molar-refractivity contribution >= 4 is 15.7 Å². The van der Waals surface area contributed by atoms with Crippen LogP contribution in [-0.2, 0) is 19.4 Å². The zero-order valence-electron chi connectivity index (χ0n) is 11.3. The summed E-state index contributed by atoms with van der Waals surface area (Å²) in [6, 6.07) is -0.118. The summed E-state index contributed by atoms with van der Waals surface area (Å²) < 4.78 is 28.5. The fourth-order valence-corrected chi connectivity index (χ4v) is 4.09. The van der Waals surface area contributed by atoms with Crippen LogP contribution in [0.3, 0.4) is 0 Å². The second-order valence-electron chi connectivity index (χ2n) is 5.19. The first-order valence-electron chi connectivity index (χ1n) is 6.83. The number of rotatable bonds is 3. The molecule has 2 saturated heterocycles. The molecule has 2 aliphatic rings. The van der Waals surface area contributed by atoms with Gasteiger partial charge < -0.3 is 15.0 Å². The van der Waals surface area contributed by atoms with Gasteiger partial charge in [0.05, 0.1) is 30.8 Å². The Balaban J connectivity index is 1.92. The second-order valence-corrected chi connectivity index (χ2v) is 7.42. The van der Waals surface area contributed by atoms with E-state index in [9.17, 15) is 13.2 Å². The number of amides is 1. The molecule has 0 aromatic heterocycles. The summed E-state index contributed by atoms with van der Waals surface area (Å²) in [5.74, 6) is 0.275. The van der Waals surface area contributed by atoms with Crippen LogP contribution in [0.25, 0.3) is 0 Å². The molecule has 6 nitrogen and oxygen atoms in total. The first-order valence-corrected chi connectivity index (χ1v) is 8.65. The van der Waals surface area contributed by atoms with Crippen molar-refractivity contribution in [3.8, 4) is 0 Å². The standard InChI is InChI=1S/C12H22N2O4S/c1-2-11-8-18-5-4-14(11)12(15)7-10-9-19(16,17)6-3-13-10/h10-11,13H,2-9H2,1H3. The highest BCUT2D eigenvalue weighted by Gasteiger charge is 2.31. The van der Waals surface area contributed by atoms with Gasteiger partial charge in [0.1, 0.15) is 0 Å². The van der Waals surface area contributed by atoms with Gasteiger partial charge >= 0.3 is 0 Å². The van der Waals surface area contributed by atoms with Gasteiger partial charge in [-0.2, -0.15) is 0 Å². The van der Waals surface area contributed by atoms with E-state index in [4.69, 9.17) is 4.74 Å². The summed E-state index contributed by atoms with van der Waals surface area (Å²) >= 11 is 0. The zero-order chi connectivity index (χ0) is 13.9. The largest absolute Gasteiger partial charge is 0.377 e. The number of morpholine rings is 1. The van der Waals surface area contributed by atoms with Crippen LogP contribution in [0.15, 0.2) is 0 Å². The minimum atomic E-state index is -2.99. The van der Waals surface area contributed by atoms with Crippen LogP contribution in [0.2, 0.25) is 0 Å². The van der Waals surface area contributed by atoms with E-state index in [0.29, 0.717) is 26.3 Å². The van der Waals surface area contributed by atoms with Crippen LogP contribution >= 0.6 is 0 Å². The van der Waals surface area contributed by atoms with Crippen LogP contribution in [0, 0.1) is 0 Å². The number of nitrogens with one attached hydrogen (secondary N) is 1. The lowest BCUT2D eigenvalue weighted by atomic mass is 10.1. The third-order valence-electron chi connectivity index (χ3n) is 3.74. The van der Waals surface area contributed by atoms with Crippen LogP contribution < -0.4 is 5.32 Å². The van der Waals surface area contributed by atoms with Gasteiger partial charge in [0, 0.05) is 25.6 Å². The number of hydrogen-bond donors (Lipinski definition) is 1. The van der Waals surface area contributed by atoms with Crippen molar-refractivity contribution in [3.63, 3.8) is 0 Å². The molecule has 0 aromatic rings. The lowest BCUT2D eigenvalue weighted by Crippen LogP contribution is -2.52. The Morgan fingerprint density at radius 1 is 1.47 bits per heavy atom. The molecule has 2 heterocycles. The molecule has 2 aliphatic heterocycles. The highest BCUT2D eigenvalue weighted by Crippen LogP contribution is 2.14. The third kappa shape index (κ3) is 3.90. The van der Waals surface area contributed by atoms with Gasteiger partial charge in [-0.05, 0) is 6.42 Å². The first kappa shape index (κ1) is 14.7. The lowest BCUT2D eigenvalue weighted by molar-refractivity contribution is -0.140. The molecule has 0 saturated carbocycles. The van der Waals surface area contributed by atoms with E-state index in [1.165, 1.54) is 0 Å². The molecule has 7 heteroatoms. The quantitative estimate of drug-likeness (QED) is 0.751. The number of ether oxygens (including phenoxy) is 1. The van der Waals surface area contributed by atoms with Crippen molar-refractivity contribution in [1.29, 1.82) is 0 Å². The molecule has 2 fully saturated rings.